The SMILES string of the molecule is CC(CN1C2CCCC1CN(Cc1ccccc1)C2)N1CCCCC1. The minimum Gasteiger partial charge on any atom is -0.299 e. The lowest BCUT2D eigenvalue weighted by molar-refractivity contribution is -0.0278. The van der Waals surface area contributed by atoms with Gasteiger partial charge in [0, 0.05) is 44.3 Å². The predicted molar refractivity (Wildman–Crippen MR) is 105 cm³/mol. The molecular weight excluding hydrogens is 306 g/mol. The first-order valence-corrected chi connectivity index (χ1v) is 10.6. The minimum atomic E-state index is 0.726. The molecule has 2 bridgehead atoms. The summed E-state index contributed by atoms with van der Waals surface area (Å²) in [5.74, 6) is 0. The van der Waals surface area contributed by atoms with E-state index >= 15 is 0 Å². The van der Waals surface area contributed by atoms with Gasteiger partial charge in [-0.2, -0.15) is 0 Å². The van der Waals surface area contributed by atoms with E-state index in [2.05, 4.69) is 52.0 Å². The van der Waals surface area contributed by atoms with E-state index in [1.165, 1.54) is 76.8 Å². The van der Waals surface area contributed by atoms with Gasteiger partial charge in [-0.3, -0.25) is 14.7 Å². The highest BCUT2D eigenvalue weighted by molar-refractivity contribution is 5.15. The molecule has 3 heterocycles. The lowest BCUT2D eigenvalue weighted by Crippen LogP contribution is -2.62. The number of nitrogens with zero attached hydrogens (tertiary/aromatic N) is 3. The molecule has 3 unspecified atom stereocenters. The van der Waals surface area contributed by atoms with Crippen LogP contribution >= 0.6 is 0 Å². The summed E-state index contributed by atoms with van der Waals surface area (Å²) in [5.41, 5.74) is 1.47. The molecule has 25 heavy (non-hydrogen) atoms. The molecule has 3 saturated heterocycles. The second kappa shape index (κ2) is 8.20. The Balaban J connectivity index is 1.36. The lowest BCUT2D eigenvalue weighted by atomic mass is 9.90. The summed E-state index contributed by atoms with van der Waals surface area (Å²) >= 11 is 0. The van der Waals surface area contributed by atoms with Gasteiger partial charge in [0.1, 0.15) is 0 Å². The van der Waals surface area contributed by atoms with Crippen LogP contribution in [0.15, 0.2) is 30.3 Å². The zero-order valence-electron chi connectivity index (χ0n) is 15.9. The number of piperazine rings is 1. The smallest absolute Gasteiger partial charge is 0.0235 e. The normalized spacial score (nSPS) is 30.3. The van der Waals surface area contributed by atoms with Gasteiger partial charge in [0.05, 0.1) is 0 Å². The second-order valence-electron chi connectivity index (χ2n) is 8.56. The molecule has 3 aliphatic rings. The number of rotatable bonds is 5. The third kappa shape index (κ3) is 4.27. The van der Waals surface area contributed by atoms with Crippen LogP contribution < -0.4 is 0 Å². The molecule has 1 aromatic carbocycles. The van der Waals surface area contributed by atoms with E-state index in [-0.39, 0.29) is 0 Å². The van der Waals surface area contributed by atoms with E-state index in [0.717, 1.165) is 24.7 Å². The predicted octanol–water partition coefficient (Wildman–Crippen LogP) is 3.60. The highest BCUT2D eigenvalue weighted by Gasteiger charge is 2.38. The molecular formula is C22H35N3. The van der Waals surface area contributed by atoms with E-state index in [1.807, 2.05) is 0 Å². The Hall–Kier alpha value is -0.900. The van der Waals surface area contributed by atoms with Gasteiger partial charge in [-0.25, -0.2) is 0 Å². The van der Waals surface area contributed by atoms with Crippen molar-refractivity contribution in [1.29, 1.82) is 0 Å². The van der Waals surface area contributed by atoms with E-state index in [9.17, 15) is 0 Å². The van der Waals surface area contributed by atoms with Crippen molar-refractivity contribution in [2.45, 2.75) is 70.1 Å². The second-order valence-corrected chi connectivity index (χ2v) is 8.56. The molecule has 0 N–H and O–H groups in total. The molecule has 0 amide bonds. The Kier molecular flexibility index (Phi) is 5.74. The van der Waals surface area contributed by atoms with Gasteiger partial charge < -0.3 is 0 Å². The van der Waals surface area contributed by atoms with E-state index in [1.54, 1.807) is 0 Å². The number of hydrogen-bond acceptors (Lipinski definition) is 3. The number of likely N-dealkylation sites (tertiary alicyclic amines) is 2. The first-order valence-electron chi connectivity index (χ1n) is 10.6. The van der Waals surface area contributed by atoms with Gasteiger partial charge in [0.15, 0.2) is 0 Å². The van der Waals surface area contributed by atoms with Crippen LogP contribution in [-0.2, 0) is 6.54 Å². The van der Waals surface area contributed by atoms with Crippen molar-refractivity contribution in [3.05, 3.63) is 35.9 Å². The monoisotopic (exact) mass is 341 g/mol. The van der Waals surface area contributed by atoms with Crippen molar-refractivity contribution in [2.24, 2.45) is 0 Å². The van der Waals surface area contributed by atoms with Gasteiger partial charge in [-0.15, -0.1) is 0 Å². The van der Waals surface area contributed by atoms with Gasteiger partial charge in [0.25, 0.3) is 0 Å². The molecule has 3 aliphatic heterocycles. The maximum atomic E-state index is 2.89. The average molecular weight is 342 g/mol. The fraction of sp³-hybridized carbons (Fsp3) is 0.727. The summed E-state index contributed by atoms with van der Waals surface area (Å²) in [6.07, 6.45) is 8.48. The zero-order chi connectivity index (χ0) is 17.1. The van der Waals surface area contributed by atoms with Crippen molar-refractivity contribution in [1.82, 2.24) is 14.7 Å². The minimum absolute atomic E-state index is 0.726. The summed E-state index contributed by atoms with van der Waals surface area (Å²) in [5, 5.41) is 0. The number of benzene rings is 1. The first kappa shape index (κ1) is 17.5. The Bertz CT molecular complexity index is 511. The van der Waals surface area contributed by atoms with E-state index < -0.39 is 0 Å². The molecule has 3 nitrogen and oxygen atoms in total. The maximum Gasteiger partial charge on any atom is 0.0235 e. The summed E-state index contributed by atoms with van der Waals surface area (Å²) in [6.45, 7) is 10.1. The zero-order valence-corrected chi connectivity index (χ0v) is 15.9. The molecule has 3 heteroatoms. The number of hydrogen-bond donors (Lipinski definition) is 0. The molecule has 0 aromatic heterocycles. The van der Waals surface area contributed by atoms with Crippen molar-refractivity contribution < 1.29 is 0 Å². The largest absolute Gasteiger partial charge is 0.299 e. The summed E-state index contributed by atoms with van der Waals surface area (Å²) in [6, 6.07) is 13.3. The highest BCUT2D eigenvalue weighted by atomic mass is 15.3. The molecule has 138 valence electrons. The lowest BCUT2D eigenvalue weighted by Gasteiger charge is -2.52. The highest BCUT2D eigenvalue weighted by Crippen LogP contribution is 2.30. The molecule has 4 rings (SSSR count). The molecule has 0 spiro atoms. The summed E-state index contributed by atoms with van der Waals surface area (Å²) in [4.78, 5) is 8.35. The first-order chi connectivity index (χ1) is 12.3. The molecule has 3 fully saturated rings. The Morgan fingerprint density at radius 3 is 2.28 bits per heavy atom. The molecule has 3 atom stereocenters. The molecule has 1 aromatic rings. The quantitative estimate of drug-likeness (QED) is 0.810. The summed E-state index contributed by atoms with van der Waals surface area (Å²) in [7, 11) is 0. The topological polar surface area (TPSA) is 9.72 Å². The van der Waals surface area contributed by atoms with Gasteiger partial charge in [0.2, 0.25) is 0 Å². The Morgan fingerprint density at radius 1 is 0.920 bits per heavy atom. The van der Waals surface area contributed by atoms with Crippen LogP contribution in [-0.4, -0.2) is 65.5 Å². The van der Waals surface area contributed by atoms with Crippen LogP contribution in [0.1, 0.15) is 51.0 Å². The van der Waals surface area contributed by atoms with Crippen LogP contribution in [0.3, 0.4) is 0 Å². The van der Waals surface area contributed by atoms with Crippen molar-refractivity contribution in [2.75, 3.05) is 32.7 Å². The Morgan fingerprint density at radius 2 is 1.60 bits per heavy atom. The van der Waals surface area contributed by atoms with Gasteiger partial charge in [-0.1, -0.05) is 43.2 Å². The van der Waals surface area contributed by atoms with Gasteiger partial charge in [-0.05, 0) is 51.3 Å². The molecule has 0 radical (unpaired) electrons. The van der Waals surface area contributed by atoms with Crippen LogP contribution in [0.4, 0.5) is 0 Å². The fourth-order valence-corrected chi connectivity index (χ4v) is 5.33. The average Bonchev–Trinajstić information content (AvgIpc) is 2.64. The third-order valence-corrected chi connectivity index (χ3v) is 6.69. The van der Waals surface area contributed by atoms with Crippen molar-refractivity contribution >= 4 is 0 Å². The fourth-order valence-electron chi connectivity index (χ4n) is 5.33. The van der Waals surface area contributed by atoms with Gasteiger partial charge >= 0.3 is 0 Å². The number of fused-ring (bicyclic) bond motifs is 2. The van der Waals surface area contributed by atoms with Crippen LogP contribution in [0.5, 0.6) is 0 Å². The Labute approximate surface area is 154 Å². The standard InChI is InChI=1S/C22H35N3/c1-19(24-13-6-3-7-14-24)15-25-21-11-8-12-22(25)18-23(17-21)16-20-9-4-2-5-10-20/h2,4-5,9-10,19,21-22H,3,6-8,11-18H2,1H3. The van der Waals surface area contributed by atoms with Crippen molar-refractivity contribution in [3.63, 3.8) is 0 Å². The van der Waals surface area contributed by atoms with Crippen LogP contribution in [0.2, 0.25) is 0 Å². The van der Waals surface area contributed by atoms with E-state index in [4.69, 9.17) is 0 Å². The molecule has 0 saturated carbocycles. The molecule has 0 aliphatic carbocycles. The van der Waals surface area contributed by atoms with Crippen LogP contribution in [0, 0.1) is 0 Å². The maximum absolute atomic E-state index is 2.89. The third-order valence-electron chi connectivity index (χ3n) is 6.69. The van der Waals surface area contributed by atoms with Crippen molar-refractivity contribution in [3.8, 4) is 0 Å². The van der Waals surface area contributed by atoms with E-state index in [0.29, 0.717) is 0 Å². The summed E-state index contributed by atoms with van der Waals surface area (Å²) < 4.78 is 0. The number of piperidine rings is 2. The van der Waals surface area contributed by atoms with Crippen LogP contribution in [0.25, 0.3) is 0 Å².